The van der Waals surface area contributed by atoms with Crippen molar-refractivity contribution < 1.29 is 19.5 Å². The van der Waals surface area contributed by atoms with Crippen molar-refractivity contribution in [1.82, 2.24) is 0 Å². The van der Waals surface area contributed by atoms with Crippen molar-refractivity contribution in [3.05, 3.63) is 24.3 Å². The predicted octanol–water partition coefficient (Wildman–Crippen LogP) is 0.868. The van der Waals surface area contributed by atoms with Gasteiger partial charge in [-0.3, -0.25) is 6.58 Å². The van der Waals surface area contributed by atoms with Gasteiger partial charge in [0.1, 0.15) is 0 Å². The molecule has 7 heavy (non-hydrogen) atoms. The monoisotopic (exact) mass is 187 g/mol. The van der Waals surface area contributed by atoms with Gasteiger partial charge in [0.15, 0.2) is 0 Å². The van der Waals surface area contributed by atoms with E-state index in [2.05, 4.69) is 6.58 Å². The third-order valence-electron chi connectivity index (χ3n) is 0.673. The summed E-state index contributed by atoms with van der Waals surface area (Å²) in [5.74, 6) is 0. The van der Waals surface area contributed by atoms with E-state index in [9.17, 15) is 0 Å². The molecule has 46 valence electrons. The van der Waals surface area contributed by atoms with E-state index >= 15 is 0 Å². The molecule has 0 unspecified atom stereocenters. The van der Waals surface area contributed by atoms with Crippen LogP contribution in [0.1, 0.15) is 13.8 Å². The zero-order valence-electron chi connectivity index (χ0n) is 4.78. The molecular formula is C6H13Ru-. The minimum atomic E-state index is 0. The third kappa shape index (κ3) is 6.10. The van der Waals surface area contributed by atoms with Crippen molar-refractivity contribution in [3.8, 4) is 0 Å². The Balaban J connectivity index is 0. The molecule has 0 aliphatic carbocycles. The van der Waals surface area contributed by atoms with Crippen LogP contribution >= 0.6 is 0 Å². The SMILES string of the molecule is [CH-]=C(C)C(=C)C.[RuH4]. The van der Waals surface area contributed by atoms with Crippen LogP contribution in [0.3, 0.4) is 0 Å². The van der Waals surface area contributed by atoms with Crippen LogP contribution in [0.5, 0.6) is 0 Å². The Morgan fingerprint density at radius 2 is 1.57 bits per heavy atom. The molecule has 0 saturated carbocycles. The van der Waals surface area contributed by atoms with E-state index in [1.165, 1.54) is 0 Å². The van der Waals surface area contributed by atoms with Crippen LogP contribution in [0, 0.1) is 6.58 Å². The molecule has 0 aromatic carbocycles. The third-order valence-corrected chi connectivity index (χ3v) is 0.673. The fourth-order valence-electron chi connectivity index (χ4n) is 0. The van der Waals surface area contributed by atoms with Crippen molar-refractivity contribution in [3.63, 3.8) is 0 Å². The maximum atomic E-state index is 5.25. The van der Waals surface area contributed by atoms with Gasteiger partial charge in [-0.15, -0.1) is 6.92 Å². The second-order valence-corrected chi connectivity index (χ2v) is 1.46. The van der Waals surface area contributed by atoms with Gasteiger partial charge in [0.05, 0.1) is 0 Å². The summed E-state index contributed by atoms with van der Waals surface area (Å²) in [7, 11) is 0. The van der Waals surface area contributed by atoms with Gasteiger partial charge in [-0.25, -0.2) is 11.1 Å². The van der Waals surface area contributed by atoms with Crippen LogP contribution in [0.4, 0.5) is 0 Å². The molecule has 0 aliphatic rings. The number of rotatable bonds is 1. The van der Waals surface area contributed by atoms with Crippen LogP contribution in [-0.4, -0.2) is 0 Å². The molecule has 0 aromatic heterocycles. The Labute approximate surface area is 58.1 Å². The van der Waals surface area contributed by atoms with Gasteiger partial charge in [0.2, 0.25) is 0 Å². The van der Waals surface area contributed by atoms with Gasteiger partial charge >= 0.3 is 19.5 Å². The zero-order chi connectivity index (χ0) is 5.15. The predicted molar refractivity (Wildman–Crippen MR) is 33.9 cm³/mol. The molecule has 0 amide bonds. The molecule has 0 aromatic rings. The standard InChI is InChI=1S/C6H9.Ru.4H/c1-5(2)6(3)4;;;;;/h1H,3H2,2,4H3;;;;;/q-1;;;;;. The van der Waals surface area contributed by atoms with Gasteiger partial charge < -0.3 is 0 Å². The number of allylic oxidation sites excluding steroid dienone is 2. The fraction of sp³-hybridized carbons (Fsp3) is 0.333. The Bertz CT molecular complexity index is 70.2. The summed E-state index contributed by atoms with van der Waals surface area (Å²) in [5, 5.41) is 0. The topological polar surface area (TPSA) is 0 Å². The van der Waals surface area contributed by atoms with Crippen molar-refractivity contribution in [2.45, 2.75) is 13.8 Å². The molecule has 0 radical (unpaired) electrons. The summed E-state index contributed by atoms with van der Waals surface area (Å²) in [4.78, 5) is 0. The van der Waals surface area contributed by atoms with Gasteiger partial charge in [-0.1, -0.05) is 6.92 Å². The van der Waals surface area contributed by atoms with E-state index in [0.29, 0.717) is 0 Å². The maximum absolute atomic E-state index is 5.25. The second kappa shape index (κ2) is 4.27. The summed E-state index contributed by atoms with van der Waals surface area (Å²) in [6.45, 7) is 12.6. The summed E-state index contributed by atoms with van der Waals surface area (Å²) >= 11 is 0. The molecule has 0 aliphatic heterocycles. The molecule has 0 N–H and O–H groups in total. The Kier molecular flexibility index (Phi) is 6.19. The van der Waals surface area contributed by atoms with Gasteiger partial charge in [-0.05, 0) is 0 Å². The van der Waals surface area contributed by atoms with Crippen molar-refractivity contribution >= 4 is 0 Å². The molecule has 1 heteroatoms. The van der Waals surface area contributed by atoms with E-state index in [0.717, 1.165) is 11.1 Å². The molecule has 0 saturated heterocycles. The molecule has 0 nitrogen and oxygen atoms in total. The second-order valence-electron chi connectivity index (χ2n) is 1.46. The van der Waals surface area contributed by atoms with Crippen LogP contribution in [0.25, 0.3) is 0 Å². The number of hydrogen-bond acceptors (Lipinski definition) is 0. The van der Waals surface area contributed by atoms with Gasteiger partial charge in [-0.2, -0.15) is 6.58 Å². The minimum absolute atomic E-state index is 0. The first kappa shape index (κ1) is 10.2. The summed E-state index contributed by atoms with van der Waals surface area (Å²) in [6.07, 6.45) is 0. The molecular weight excluding hydrogens is 173 g/mol. The van der Waals surface area contributed by atoms with E-state index in [-0.39, 0.29) is 19.5 Å². The molecule has 0 heterocycles. The summed E-state index contributed by atoms with van der Waals surface area (Å²) in [5.41, 5.74) is 1.77. The molecule has 0 bridgehead atoms. The van der Waals surface area contributed by atoms with E-state index < -0.39 is 0 Å². The number of hydrogen-bond donors (Lipinski definition) is 0. The van der Waals surface area contributed by atoms with E-state index in [4.69, 9.17) is 6.58 Å². The Hall–Kier alpha value is 0.103. The summed E-state index contributed by atoms with van der Waals surface area (Å²) in [6, 6.07) is 0. The van der Waals surface area contributed by atoms with Crippen molar-refractivity contribution in [2.24, 2.45) is 0 Å². The first-order valence-electron chi connectivity index (χ1n) is 1.89. The first-order chi connectivity index (χ1) is 2.64. The quantitative estimate of drug-likeness (QED) is 0.324. The van der Waals surface area contributed by atoms with Gasteiger partial charge in [0.25, 0.3) is 0 Å². The summed E-state index contributed by atoms with van der Waals surface area (Å²) < 4.78 is 0. The normalized spacial score (nSPS) is 6.57. The fourth-order valence-corrected chi connectivity index (χ4v) is 0. The van der Waals surface area contributed by atoms with Crippen LogP contribution in [0.15, 0.2) is 17.7 Å². The molecule has 0 atom stereocenters. The molecule has 0 fully saturated rings. The van der Waals surface area contributed by atoms with Crippen molar-refractivity contribution in [2.75, 3.05) is 0 Å². The van der Waals surface area contributed by atoms with E-state index in [1.54, 1.807) is 0 Å². The first-order valence-corrected chi connectivity index (χ1v) is 1.89. The average Bonchev–Trinajstić information content (AvgIpc) is 1.36. The van der Waals surface area contributed by atoms with E-state index in [1.807, 2.05) is 13.8 Å². The van der Waals surface area contributed by atoms with Crippen molar-refractivity contribution in [1.29, 1.82) is 0 Å². The average molecular weight is 186 g/mol. The van der Waals surface area contributed by atoms with Gasteiger partial charge in [0, 0.05) is 0 Å². The van der Waals surface area contributed by atoms with Crippen LogP contribution in [-0.2, 0) is 19.5 Å². The zero-order valence-corrected chi connectivity index (χ0v) is 7.24. The van der Waals surface area contributed by atoms with Crippen LogP contribution < -0.4 is 0 Å². The molecule has 0 rings (SSSR count). The Morgan fingerprint density at radius 1 is 1.43 bits per heavy atom. The van der Waals surface area contributed by atoms with Crippen LogP contribution in [0.2, 0.25) is 0 Å². The molecule has 0 spiro atoms. The Morgan fingerprint density at radius 3 is 1.57 bits per heavy atom.